The molecule has 1 fully saturated rings. The quantitative estimate of drug-likeness (QED) is 0.340. The molecule has 0 saturated carbocycles. The van der Waals surface area contributed by atoms with Gasteiger partial charge < -0.3 is 25.6 Å². The SMILES string of the molecule is CCC(F)(F)F.CNC(=O)c1ccc(NCC#CC(C)Cc2c(C)cccc2NC2CCN(C)CC2)c(OC)c1. The molecule has 1 heterocycles. The smallest absolute Gasteiger partial charge is 0.388 e. The van der Waals surface area contributed by atoms with Gasteiger partial charge >= 0.3 is 6.18 Å². The Morgan fingerprint density at radius 1 is 1.18 bits per heavy atom. The van der Waals surface area contributed by atoms with E-state index in [0.717, 1.165) is 32.1 Å². The molecule has 9 heteroatoms. The van der Waals surface area contributed by atoms with Gasteiger partial charge in [-0.3, -0.25) is 4.79 Å². The van der Waals surface area contributed by atoms with Crippen molar-refractivity contribution in [2.45, 2.75) is 58.7 Å². The van der Waals surface area contributed by atoms with Gasteiger partial charge in [0.05, 0.1) is 19.3 Å². The van der Waals surface area contributed by atoms with Gasteiger partial charge in [-0.2, -0.15) is 13.2 Å². The highest BCUT2D eigenvalue weighted by atomic mass is 19.4. The van der Waals surface area contributed by atoms with Crippen LogP contribution in [0.15, 0.2) is 36.4 Å². The number of ether oxygens (including phenoxy) is 1. The van der Waals surface area contributed by atoms with Gasteiger partial charge in [0.1, 0.15) is 5.75 Å². The average Bonchev–Trinajstić information content (AvgIpc) is 2.93. The number of alkyl halides is 3. The zero-order chi connectivity index (χ0) is 29.7. The monoisotopic (exact) mass is 560 g/mol. The Bertz CT molecular complexity index is 1150. The lowest BCUT2D eigenvalue weighted by Gasteiger charge is -2.31. The van der Waals surface area contributed by atoms with Crippen molar-refractivity contribution in [3.8, 4) is 17.6 Å². The first-order valence-corrected chi connectivity index (χ1v) is 13.7. The second-order valence-corrected chi connectivity index (χ2v) is 10.1. The first kappa shape index (κ1) is 32.8. The number of nitrogens with zero attached hydrogens (tertiary/aromatic N) is 1. The molecule has 1 atom stereocenters. The van der Waals surface area contributed by atoms with E-state index >= 15 is 0 Å². The van der Waals surface area contributed by atoms with Crippen molar-refractivity contribution < 1.29 is 22.7 Å². The number of rotatable bonds is 8. The largest absolute Gasteiger partial charge is 0.495 e. The predicted octanol–water partition coefficient (Wildman–Crippen LogP) is 6.12. The molecule has 3 rings (SSSR count). The van der Waals surface area contributed by atoms with E-state index in [4.69, 9.17) is 4.74 Å². The maximum atomic E-state index is 11.8. The number of anilines is 2. The third kappa shape index (κ3) is 11.0. The molecule has 0 radical (unpaired) electrons. The van der Waals surface area contributed by atoms with Crippen LogP contribution in [0.4, 0.5) is 24.5 Å². The van der Waals surface area contributed by atoms with E-state index in [1.54, 1.807) is 26.3 Å². The minimum Gasteiger partial charge on any atom is -0.495 e. The fourth-order valence-electron chi connectivity index (χ4n) is 4.33. The summed E-state index contributed by atoms with van der Waals surface area (Å²) in [6, 6.07) is 12.4. The Balaban J connectivity index is 0.000000840. The minimum absolute atomic E-state index is 0.139. The summed E-state index contributed by atoms with van der Waals surface area (Å²) in [5.41, 5.74) is 5.31. The van der Waals surface area contributed by atoms with Crippen LogP contribution in [0.5, 0.6) is 5.75 Å². The van der Waals surface area contributed by atoms with E-state index < -0.39 is 12.6 Å². The van der Waals surface area contributed by atoms with Gasteiger partial charge in [0.25, 0.3) is 5.91 Å². The average molecular weight is 561 g/mol. The number of methoxy groups -OCH3 is 1. The molecule has 3 N–H and O–H groups in total. The first-order chi connectivity index (χ1) is 19.0. The van der Waals surface area contributed by atoms with Crippen LogP contribution in [0.3, 0.4) is 0 Å². The van der Waals surface area contributed by atoms with Crippen molar-refractivity contribution in [2.24, 2.45) is 5.92 Å². The number of carbonyl (C=O) groups is 1. The summed E-state index contributed by atoms with van der Waals surface area (Å²) in [5, 5.41) is 9.73. The topological polar surface area (TPSA) is 65.6 Å². The first-order valence-electron chi connectivity index (χ1n) is 13.7. The van der Waals surface area contributed by atoms with Crippen LogP contribution in [0, 0.1) is 24.7 Å². The molecule has 1 aliphatic heterocycles. The highest BCUT2D eigenvalue weighted by Gasteiger charge is 2.22. The Morgan fingerprint density at radius 2 is 1.85 bits per heavy atom. The van der Waals surface area contributed by atoms with E-state index in [0.29, 0.717) is 23.9 Å². The molecule has 0 aliphatic carbocycles. The standard InChI is InChI=1S/C28H38N4O2.C3H5F3/c1-20(8-7-15-30-26-12-11-22(28(33)29-3)19-27(26)34-5)18-24-21(2)9-6-10-25(24)31-23-13-16-32(4)17-14-23;1-2-3(4,5)6/h6,9-12,19-20,23,30-31H,13-18H2,1-5H3,(H,29,33);2H2,1H3. The van der Waals surface area contributed by atoms with Crippen LogP contribution in [0.1, 0.15) is 54.6 Å². The van der Waals surface area contributed by atoms with Crippen molar-refractivity contribution in [1.82, 2.24) is 10.2 Å². The molecular weight excluding hydrogens is 517 g/mol. The summed E-state index contributed by atoms with van der Waals surface area (Å²) < 4.78 is 37.8. The zero-order valence-electron chi connectivity index (χ0n) is 24.5. The molecule has 1 amide bonds. The Hall–Kier alpha value is -3.38. The molecule has 40 heavy (non-hydrogen) atoms. The third-order valence-electron chi connectivity index (χ3n) is 6.81. The van der Waals surface area contributed by atoms with Crippen molar-refractivity contribution in [2.75, 3.05) is 51.5 Å². The molecule has 1 saturated heterocycles. The van der Waals surface area contributed by atoms with Gasteiger partial charge in [0, 0.05) is 36.7 Å². The number of piperidine rings is 1. The Kier molecular flexibility index (Phi) is 13.1. The lowest BCUT2D eigenvalue weighted by molar-refractivity contribution is -0.130. The Morgan fingerprint density at radius 3 is 2.45 bits per heavy atom. The molecule has 0 spiro atoms. The maximum Gasteiger partial charge on any atom is 0.388 e. The fourth-order valence-corrected chi connectivity index (χ4v) is 4.33. The molecule has 0 bridgehead atoms. The summed E-state index contributed by atoms with van der Waals surface area (Å²) in [6.07, 6.45) is -1.41. The summed E-state index contributed by atoms with van der Waals surface area (Å²) in [6.45, 7) is 8.25. The molecule has 2 aromatic carbocycles. The predicted molar refractivity (Wildman–Crippen MR) is 157 cm³/mol. The lowest BCUT2D eigenvalue weighted by Crippen LogP contribution is -2.36. The molecule has 6 nitrogen and oxygen atoms in total. The van der Waals surface area contributed by atoms with Crippen LogP contribution >= 0.6 is 0 Å². The number of likely N-dealkylation sites (tertiary alicyclic amines) is 1. The van der Waals surface area contributed by atoms with Gasteiger partial charge in [0.15, 0.2) is 0 Å². The van der Waals surface area contributed by atoms with Crippen molar-refractivity contribution in [1.29, 1.82) is 0 Å². The number of halogens is 3. The zero-order valence-corrected chi connectivity index (χ0v) is 24.5. The number of hydrogen-bond donors (Lipinski definition) is 3. The van der Waals surface area contributed by atoms with E-state index in [-0.39, 0.29) is 11.8 Å². The van der Waals surface area contributed by atoms with Crippen LogP contribution in [0.2, 0.25) is 0 Å². The second kappa shape index (κ2) is 16.0. The summed E-state index contributed by atoms with van der Waals surface area (Å²) in [7, 11) is 5.41. The maximum absolute atomic E-state index is 11.8. The van der Waals surface area contributed by atoms with Crippen molar-refractivity contribution >= 4 is 17.3 Å². The van der Waals surface area contributed by atoms with E-state index in [1.165, 1.54) is 29.7 Å². The summed E-state index contributed by atoms with van der Waals surface area (Å²) in [4.78, 5) is 14.2. The fraction of sp³-hybridized carbons (Fsp3) is 0.516. The van der Waals surface area contributed by atoms with Gasteiger partial charge in [-0.05, 0) is 81.7 Å². The number of aryl methyl sites for hydroxylation is 1. The summed E-state index contributed by atoms with van der Waals surface area (Å²) >= 11 is 0. The number of nitrogens with one attached hydrogen (secondary N) is 3. The van der Waals surface area contributed by atoms with Crippen molar-refractivity contribution in [3.05, 3.63) is 53.1 Å². The molecule has 1 aliphatic rings. The van der Waals surface area contributed by atoms with Crippen LogP contribution < -0.4 is 20.7 Å². The number of hydrogen-bond acceptors (Lipinski definition) is 5. The molecule has 1 unspecified atom stereocenters. The molecule has 2 aromatic rings. The van der Waals surface area contributed by atoms with Gasteiger partial charge in [-0.25, -0.2) is 0 Å². The van der Waals surface area contributed by atoms with Crippen LogP contribution in [-0.2, 0) is 6.42 Å². The van der Waals surface area contributed by atoms with Gasteiger partial charge in [-0.15, -0.1) is 0 Å². The minimum atomic E-state index is -3.96. The van der Waals surface area contributed by atoms with Gasteiger partial charge in [0.2, 0.25) is 0 Å². The highest BCUT2D eigenvalue weighted by molar-refractivity contribution is 5.95. The highest BCUT2D eigenvalue weighted by Crippen LogP contribution is 2.27. The lowest BCUT2D eigenvalue weighted by atomic mass is 9.95. The second-order valence-electron chi connectivity index (χ2n) is 10.1. The van der Waals surface area contributed by atoms with E-state index in [2.05, 4.69) is 71.8 Å². The molecule has 220 valence electrons. The normalized spacial score (nSPS) is 14.6. The molecular formula is C31H43F3N4O2. The van der Waals surface area contributed by atoms with Gasteiger partial charge in [-0.1, -0.05) is 37.8 Å². The van der Waals surface area contributed by atoms with E-state index in [1.807, 2.05) is 6.07 Å². The number of amides is 1. The Labute approximate surface area is 237 Å². The molecule has 0 aromatic heterocycles. The third-order valence-corrected chi connectivity index (χ3v) is 6.81. The van der Waals surface area contributed by atoms with Crippen LogP contribution in [-0.4, -0.2) is 63.9 Å². The summed E-state index contributed by atoms with van der Waals surface area (Å²) in [5.74, 6) is 7.37. The van der Waals surface area contributed by atoms with Crippen molar-refractivity contribution in [3.63, 3.8) is 0 Å². The van der Waals surface area contributed by atoms with Crippen LogP contribution in [0.25, 0.3) is 0 Å². The van der Waals surface area contributed by atoms with E-state index in [9.17, 15) is 18.0 Å². The number of carbonyl (C=O) groups excluding carboxylic acids is 1. The number of benzene rings is 2.